The third-order valence-electron chi connectivity index (χ3n) is 2.85. The van der Waals surface area contributed by atoms with E-state index in [9.17, 15) is 14.7 Å². The molecule has 2 amide bonds. The summed E-state index contributed by atoms with van der Waals surface area (Å²) in [6.45, 7) is 3.27. The molecule has 2 aromatic rings. The van der Waals surface area contributed by atoms with Gasteiger partial charge in [-0.1, -0.05) is 12.1 Å². The van der Waals surface area contributed by atoms with Crippen LogP contribution in [0.2, 0.25) is 0 Å². The zero-order chi connectivity index (χ0) is 15.4. The number of amides is 2. The smallest absolute Gasteiger partial charge is 0.255 e. The van der Waals surface area contributed by atoms with Crippen LogP contribution in [0.5, 0.6) is 5.75 Å². The molecule has 0 atom stereocenters. The average molecular weight is 284 g/mol. The van der Waals surface area contributed by atoms with Crippen LogP contribution in [0.25, 0.3) is 0 Å². The molecule has 2 rings (SSSR count). The largest absolute Gasteiger partial charge is 0.506 e. The van der Waals surface area contributed by atoms with Crippen LogP contribution in [0.4, 0.5) is 11.4 Å². The highest BCUT2D eigenvalue weighted by Gasteiger charge is 2.10. The first-order valence-corrected chi connectivity index (χ1v) is 6.44. The maximum absolute atomic E-state index is 12.2. The second-order valence-electron chi connectivity index (χ2n) is 4.74. The summed E-state index contributed by atoms with van der Waals surface area (Å²) >= 11 is 0. The van der Waals surface area contributed by atoms with Crippen LogP contribution >= 0.6 is 0 Å². The predicted octanol–water partition coefficient (Wildman–Crippen LogP) is 2.91. The Bertz CT molecular complexity index is 696. The maximum Gasteiger partial charge on any atom is 0.255 e. The summed E-state index contributed by atoms with van der Waals surface area (Å²) in [7, 11) is 0. The maximum atomic E-state index is 12.2. The lowest BCUT2D eigenvalue weighted by molar-refractivity contribution is -0.114. The number of hydrogen-bond acceptors (Lipinski definition) is 3. The molecule has 0 saturated heterocycles. The Morgan fingerprint density at radius 1 is 1.05 bits per heavy atom. The van der Waals surface area contributed by atoms with Gasteiger partial charge in [-0.25, -0.2) is 0 Å². The Labute approximate surface area is 122 Å². The van der Waals surface area contributed by atoms with Gasteiger partial charge >= 0.3 is 0 Å². The Kier molecular flexibility index (Phi) is 4.23. The first kappa shape index (κ1) is 14.6. The number of carbonyl (C=O) groups is 2. The Morgan fingerprint density at radius 3 is 2.52 bits per heavy atom. The van der Waals surface area contributed by atoms with Crippen LogP contribution < -0.4 is 10.6 Å². The van der Waals surface area contributed by atoms with Gasteiger partial charge in [-0.15, -0.1) is 0 Å². The van der Waals surface area contributed by atoms with Gasteiger partial charge in [-0.2, -0.15) is 0 Å². The van der Waals surface area contributed by atoms with Gasteiger partial charge in [0.2, 0.25) is 5.91 Å². The summed E-state index contributed by atoms with van der Waals surface area (Å²) in [6, 6.07) is 11.5. The van der Waals surface area contributed by atoms with Crippen molar-refractivity contribution in [3.05, 3.63) is 53.6 Å². The molecular formula is C16H16N2O3. The normalized spacial score (nSPS) is 10.0. The monoisotopic (exact) mass is 284 g/mol. The van der Waals surface area contributed by atoms with Gasteiger partial charge in [0.05, 0.1) is 5.69 Å². The van der Waals surface area contributed by atoms with Crippen molar-refractivity contribution in [1.82, 2.24) is 0 Å². The summed E-state index contributed by atoms with van der Waals surface area (Å²) in [5.41, 5.74) is 2.21. The van der Waals surface area contributed by atoms with Crippen molar-refractivity contribution >= 4 is 23.2 Å². The lowest BCUT2D eigenvalue weighted by Crippen LogP contribution is -2.13. The SMILES string of the molecule is CC(=O)Nc1cccc(C(=O)Nc2cc(C)ccc2O)c1. The highest BCUT2D eigenvalue weighted by Crippen LogP contribution is 2.24. The van der Waals surface area contributed by atoms with E-state index in [4.69, 9.17) is 0 Å². The number of rotatable bonds is 3. The molecule has 0 heterocycles. The van der Waals surface area contributed by atoms with E-state index in [1.54, 1.807) is 36.4 Å². The number of benzene rings is 2. The number of hydrogen-bond donors (Lipinski definition) is 3. The molecule has 108 valence electrons. The summed E-state index contributed by atoms with van der Waals surface area (Å²) < 4.78 is 0. The summed E-state index contributed by atoms with van der Waals surface area (Å²) in [6.07, 6.45) is 0. The molecule has 5 heteroatoms. The molecule has 0 unspecified atom stereocenters. The third-order valence-corrected chi connectivity index (χ3v) is 2.85. The molecule has 0 radical (unpaired) electrons. The Morgan fingerprint density at radius 2 is 1.81 bits per heavy atom. The zero-order valence-electron chi connectivity index (χ0n) is 11.8. The van der Waals surface area contributed by atoms with Crippen molar-refractivity contribution < 1.29 is 14.7 Å². The van der Waals surface area contributed by atoms with Crippen molar-refractivity contribution in [3.63, 3.8) is 0 Å². The fraction of sp³-hybridized carbons (Fsp3) is 0.125. The molecule has 0 saturated carbocycles. The average Bonchev–Trinajstić information content (AvgIpc) is 2.42. The highest BCUT2D eigenvalue weighted by atomic mass is 16.3. The van der Waals surface area contributed by atoms with Crippen molar-refractivity contribution in [2.45, 2.75) is 13.8 Å². The van der Waals surface area contributed by atoms with Crippen LogP contribution in [0.3, 0.4) is 0 Å². The zero-order valence-corrected chi connectivity index (χ0v) is 11.8. The van der Waals surface area contributed by atoms with E-state index in [1.165, 1.54) is 13.0 Å². The van der Waals surface area contributed by atoms with Gasteiger partial charge in [0.15, 0.2) is 0 Å². The van der Waals surface area contributed by atoms with Crippen LogP contribution in [-0.2, 0) is 4.79 Å². The number of nitrogens with one attached hydrogen (secondary N) is 2. The number of phenolic OH excluding ortho intramolecular Hbond substituents is 1. The molecule has 0 fully saturated rings. The molecule has 0 aliphatic rings. The topological polar surface area (TPSA) is 78.4 Å². The first-order chi connectivity index (χ1) is 9.95. The minimum absolute atomic E-state index is 0.00645. The van der Waals surface area contributed by atoms with Gasteiger partial charge in [0.25, 0.3) is 5.91 Å². The highest BCUT2D eigenvalue weighted by molar-refractivity contribution is 6.06. The number of phenols is 1. The van der Waals surface area contributed by atoms with Crippen molar-refractivity contribution in [3.8, 4) is 5.75 Å². The fourth-order valence-corrected chi connectivity index (χ4v) is 1.89. The van der Waals surface area contributed by atoms with Crippen molar-refractivity contribution in [2.75, 3.05) is 10.6 Å². The van der Waals surface area contributed by atoms with Crippen LogP contribution in [0.1, 0.15) is 22.8 Å². The molecule has 0 spiro atoms. The summed E-state index contributed by atoms with van der Waals surface area (Å²) in [4.78, 5) is 23.2. The van der Waals surface area contributed by atoms with Gasteiger partial charge in [-0.3, -0.25) is 9.59 Å². The van der Waals surface area contributed by atoms with E-state index < -0.39 is 0 Å². The number of aromatic hydroxyl groups is 1. The van der Waals surface area contributed by atoms with E-state index in [2.05, 4.69) is 10.6 Å². The molecular weight excluding hydrogens is 268 g/mol. The number of carbonyl (C=O) groups excluding carboxylic acids is 2. The number of anilines is 2. The molecule has 3 N–H and O–H groups in total. The molecule has 5 nitrogen and oxygen atoms in total. The summed E-state index contributed by atoms with van der Waals surface area (Å²) in [5.74, 6) is -0.557. The predicted molar refractivity (Wildman–Crippen MR) is 81.5 cm³/mol. The molecule has 0 bridgehead atoms. The van der Waals surface area contributed by atoms with Gasteiger partial charge in [0.1, 0.15) is 5.75 Å². The van der Waals surface area contributed by atoms with Gasteiger partial charge in [0, 0.05) is 18.2 Å². The van der Waals surface area contributed by atoms with Gasteiger partial charge in [-0.05, 0) is 42.8 Å². The second-order valence-corrected chi connectivity index (χ2v) is 4.74. The Balaban J connectivity index is 2.20. The molecule has 0 aromatic heterocycles. The van der Waals surface area contributed by atoms with Crippen LogP contribution in [-0.4, -0.2) is 16.9 Å². The molecule has 0 aliphatic carbocycles. The number of aryl methyl sites for hydroxylation is 1. The minimum Gasteiger partial charge on any atom is -0.506 e. The van der Waals surface area contributed by atoms with E-state index in [0.717, 1.165) is 5.56 Å². The molecule has 21 heavy (non-hydrogen) atoms. The van der Waals surface area contributed by atoms with Crippen molar-refractivity contribution in [1.29, 1.82) is 0 Å². The van der Waals surface area contributed by atoms with E-state index in [-0.39, 0.29) is 17.6 Å². The Hall–Kier alpha value is -2.82. The van der Waals surface area contributed by atoms with E-state index in [0.29, 0.717) is 16.9 Å². The standard InChI is InChI=1S/C16H16N2O3/c1-10-6-7-15(20)14(8-10)18-16(21)12-4-3-5-13(9-12)17-11(2)19/h3-9,20H,1-2H3,(H,17,19)(H,18,21). The van der Waals surface area contributed by atoms with Crippen LogP contribution in [0, 0.1) is 6.92 Å². The molecule has 2 aromatic carbocycles. The van der Waals surface area contributed by atoms with Crippen LogP contribution in [0.15, 0.2) is 42.5 Å². The second kappa shape index (κ2) is 6.09. The first-order valence-electron chi connectivity index (χ1n) is 6.44. The fourth-order valence-electron chi connectivity index (χ4n) is 1.89. The summed E-state index contributed by atoms with van der Waals surface area (Å²) in [5, 5.41) is 15.0. The van der Waals surface area contributed by atoms with E-state index >= 15 is 0 Å². The van der Waals surface area contributed by atoms with Crippen molar-refractivity contribution in [2.24, 2.45) is 0 Å². The third kappa shape index (κ3) is 3.82. The van der Waals surface area contributed by atoms with Gasteiger partial charge < -0.3 is 15.7 Å². The minimum atomic E-state index is -0.358. The van der Waals surface area contributed by atoms with E-state index in [1.807, 2.05) is 6.92 Å². The lowest BCUT2D eigenvalue weighted by atomic mass is 10.1. The lowest BCUT2D eigenvalue weighted by Gasteiger charge is -2.09. The quantitative estimate of drug-likeness (QED) is 0.758. The molecule has 0 aliphatic heterocycles.